The zero-order valence-corrected chi connectivity index (χ0v) is 14.0. The van der Waals surface area contributed by atoms with Crippen LogP contribution in [0.4, 0.5) is 0 Å². The van der Waals surface area contributed by atoms with E-state index in [1.807, 2.05) is 11.3 Å². The normalized spacial score (nSPS) is 16.9. The Morgan fingerprint density at radius 3 is 2.86 bits per heavy atom. The molecule has 1 N–H and O–H groups in total. The van der Waals surface area contributed by atoms with Crippen molar-refractivity contribution in [2.45, 2.75) is 58.5 Å². The Hall–Kier alpha value is -1.19. The van der Waals surface area contributed by atoms with E-state index in [0.717, 1.165) is 19.4 Å². The first-order valence-corrected chi connectivity index (χ1v) is 8.80. The fourth-order valence-electron chi connectivity index (χ4n) is 2.90. The Kier molecular flexibility index (Phi) is 4.41. The molecule has 0 saturated carbocycles. The van der Waals surface area contributed by atoms with Crippen molar-refractivity contribution in [3.63, 3.8) is 0 Å². The first kappa shape index (κ1) is 14.7. The van der Waals surface area contributed by atoms with E-state index in [2.05, 4.69) is 50.4 Å². The summed E-state index contributed by atoms with van der Waals surface area (Å²) in [5.74, 6) is 0.537. The van der Waals surface area contributed by atoms with Gasteiger partial charge in [0.05, 0.1) is 5.69 Å². The molecular formula is C18H24N2S. The third-order valence-electron chi connectivity index (χ3n) is 4.11. The maximum absolute atomic E-state index is 4.98. The van der Waals surface area contributed by atoms with Crippen molar-refractivity contribution in [1.29, 1.82) is 0 Å². The van der Waals surface area contributed by atoms with Crippen molar-refractivity contribution in [3.05, 3.63) is 51.0 Å². The second-order valence-corrected chi connectivity index (χ2v) is 7.28. The molecule has 1 aromatic carbocycles. The van der Waals surface area contributed by atoms with Crippen LogP contribution >= 0.6 is 11.3 Å². The summed E-state index contributed by atoms with van der Waals surface area (Å²) in [5, 5.41) is 4.86. The molecule has 21 heavy (non-hydrogen) atoms. The van der Waals surface area contributed by atoms with Gasteiger partial charge in [0.2, 0.25) is 0 Å². The molecule has 1 aliphatic rings. The van der Waals surface area contributed by atoms with Gasteiger partial charge in [-0.05, 0) is 24.0 Å². The summed E-state index contributed by atoms with van der Waals surface area (Å²) in [5.41, 5.74) is 4.30. The minimum Gasteiger partial charge on any atom is -0.310 e. The monoisotopic (exact) mass is 300 g/mol. The molecule has 3 heteroatoms. The molecule has 0 bridgehead atoms. The molecule has 0 saturated heterocycles. The first-order chi connectivity index (χ1) is 10.2. The number of thiazole rings is 1. The van der Waals surface area contributed by atoms with E-state index in [-0.39, 0.29) is 0 Å². The Labute approximate surface area is 131 Å². The molecular weight excluding hydrogens is 276 g/mol. The summed E-state index contributed by atoms with van der Waals surface area (Å²) in [6.07, 6.45) is 3.42. The van der Waals surface area contributed by atoms with Gasteiger partial charge in [-0.15, -0.1) is 11.3 Å². The molecule has 0 radical (unpaired) electrons. The van der Waals surface area contributed by atoms with Crippen molar-refractivity contribution in [2.24, 2.45) is 0 Å². The Morgan fingerprint density at radius 1 is 1.33 bits per heavy atom. The van der Waals surface area contributed by atoms with E-state index < -0.39 is 0 Å². The van der Waals surface area contributed by atoms with E-state index in [0.29, 0.717) is 12.0 Å². The molecule has 0 fully saturated rings. The fourth-order valence-corrected chi connectivity index (χ4v) is 4.08. The van der Waals surface area contributed by atoms with Gasteiger partial charge >= 0.3 is 0 Å². The molecule has 1 aromatic heterocycles. The lowest BCUT2D eigenvalue weighted by Crippen LogP contribution is -2.21. The van der Waals surface area contributed by atoms with Crippen LogP contribution in [-0.4, -0.2) is 11.0 Å². The molecule has 1 unspecified atom stereocenters. The number of rotatable bonds is 6. The number of benzene rings is 1. The van der Waals surface area contributed by atoms with Gasteiger partial charge in [0, 0.05) is 23.4 Å². The number of aryl methyl sites for hydroxylation is 1. The molecule has 0 amide bonds. The molecule has 3 rings (SSSR count). The highest BCUT2D eigenvalue weighted by atomic mass is 32.1. The molecule has 1 aliphatic carbocycles. The van der Waals surface area contributed by atoms with Crippen LogP contribution in [0.5, 0.6) is 0 Å². The van der Waals surface area contributed by atoms with Crippen LogP contribution < -0.4 is 5.32 Å². The van der Waals surface area contributed by atoms with Crippen LogP contribution in [0.15, 0.2) is 24.3 Å². The fraction of sp³-hybridized carbons (Fsp3) is 0.500. The zero-order valence-electron chi connectivity index (χ0n) is 13.1. The number of aromatic nitrogens is 1. The lowest BCUT2D eigenvalue weighted by molar-refractivity contribution is 0.589. The minimum atomic E-state index is 0.523. The molecule has 1 atom stereocenters. The van der Waals surface area contributed by atoms with Gasteiger partial charge < -0.3 is 5.32 Å². The van der Waals surface area contributed by atoms with Gasteiger partial charge in [-0.3, -0.25) is 0 Å². The van der Waals surface area contributed by atoms with E-state index >= 15 is 0 Å². The minimum absolute atomic E-state index is 0.523. The average Bonchev–Trinajstić information content (AvgIpc) is 2.81. The van der Waals surface area contributed by atoms with Crippen molar-refractivity contribution in [1.82, 2.24) is 10.3 Å². The molecule has 0 aliphatic heterocycles. The summed E-state index contributed by atoms with van der Waals surface area (Å²) < 4.78 is 0. The molecule has 2 aromatic rings. The third-order valence-corrected chi connectivity index (χ3v) is 5.32. The van der Waals surface area contributed by atoms with Gasteiger partial charge in [-0.25, -0.2) is 4.98 Å². The standard InChI is InChI=1S/C18H24N2S/c1-4-7-16-17(11-19-12(2)3)21-18(20-16)15-10-13-8-5-6-9-14(13)15/h5-6,8-9,12,15,19H,4,7,10-11H2,1-3H3. The van der Waals surface area contributed by atoms with Crippen LogP contribution in [0.2, 0.25) is 0 Å². The van der Waals surface area contributed by atoms with Crippen molar-refractivity contribution >= 4 is 11.3 Å². The number of nitrogens with one attached hydrogen (secondary N) is 1. The zero-order chi connectivity index (χ0) is 14.8. The largest absolute Gasteiger partial charge is 0.310 e. The Bertz CT molecular complexity index is 615. The second-order valence-electron chi connectivity index (χ2n) is 6.16. The van der Waals surface area contributed by atoms with Gasteiger partial charge in [-0.2, -0.15) is 0 Å². The van der Waals surface area contributed by atoms with E-state index in [1.165, 1.54) is 33.1 Å². The highest BCUT2D eigenvalue weighted by molar-refractivity contribution is 7.11. The van der Waals surface area contributed by atoms with Crippen molar-refractivity contribution < 1.29 is 0 Å². The molecule has 112 valence electrons. The van der Waals surface area contributed by atoms with Crippen LogP contribution in [0.3, 0.4) is 0 Å². The maximum atomic E-state index is 4.98. The van der Waals surface area contributed by atoms with E-state index in [4.69, 9.17) is 4.98 Å². The lowest BCUT2D eigenvalue weighted by atomic mass is 9.78. The average molecular weight is 300 g/mol. The van der Waals surface area contributed by atoms with Crippen LogP contribution in [0, 0.1) is 0 Å². The highest BCUT2D eigenvalue weighted by Crippen LogP contribution is 2.42. The smallest absolute Gasteiger partial charge is 0.101 e. The van der Waals surface area contributed by atoms with Gasteiger partial charge in [0.1, 0.15) is 5.01 Å². The SMILES string of the molecule is CCCc1nc(C2Cc3ccccc32)sc1CNC(C)C. The predicted octanol–water partition coefficient (Wildman–Crippen LogP) is 4.28. The molecule has 2 nitrogen and oxygen atoms in total. The summed E-state index contributed by atoms with van der Waals surface area (Å²) in [4.78, 5) is 6.41. The van der Waals surface area contributed by atoms with Crippen LogP contribution in [0.25, 0.3) is 0 Å². The highest BCUT2D eigenvalue weighted by Gasteiger charge is 2.30. The van der Waals surface area contributed by atoms with Gasteiger partial charge in [0.15, 0.2) is 0 Å². The summed E-state index contributed by atoms with van der Waals surface area (Å²) >= 11 is 1.92. The van der Waals surface area contributed by atoms with Crippen molar-refractivity contribution in [2.75, 3.05) is 0 Å². The topological polar surface area (TPSA) is 24.9 Å². The predicted molar refractivity (Wildman–Crippen MR) is 90.1 cm³/mol. The van der Waals surface area contributed by atoms with E-state index in [1.54, 1.807) is 0 Å². The number of fused-ring (bicyclic) bond motifs is 1. The Morgan fingerprint density at radius 2 is 2.14 bits per heavy atom. The quantitative estimate of drug-likeness (QED) is 0.861. The van der Waals surface area contributed by atoms with E-state index in [9.17, 15) is 0 Å². The number of hydrogen-bond acceptors (Lipinski definition) is 3. The van der Waals surface area contributed by atoms with Gasteiger partial charge in [-0.1, -0.05) is 51.5 Å². The van der Waals surface area contributed by atoms with Gasteiger partial charge in [0.25, 0.3) is 0 Å². The molecule has 0 spiro atoms. The number of nitrogens with zero attached hydrogens (tertiary/aromatic N) is 1. The maximum Gasteiger partial charge on any atom is 0.101 e. The van der Waals surface area contributed by atoms with Crippen LogP contribution in [0.1, 0.15) is 59.8 Å². The summed E-state index contributed by atoms with van der Waals surface area (Å²) in [7, 11) is 0. The summed E-state index contributed by atoms with van der Waals surface area (Å²) in [6, 6.07) is 9.31. The third kappa shape index (κ3) is 3.04. The second kappa shape index (κ2) is 6.29. The summed E-state index contributed by atoms with van der Waals surface area (Å²) in [6.45, 7) is 7.59. The van der Waals surface area contributed by atoms with Crippen LogP contribution in [-0.2, 0) is 19.4 Å². The van der Waals surface area contributed by atoms with Crippen molar-refractivity contribution in [3.8, 4) is 0 Å². The molecule has 1 heterocycles. The number of hydrogen-bond donors (Lipinski definition) is 1. The first-order valence-electron chi connectivity index (χ1n) is 7.98. The lowest BCUT2D eigenvalue weighted by Gasteiger charge is -2.28. The Balaban J connectivity index is 1.82.